The molecule has 7 heteroatoms. The lowest BCUT2D eigenvalue weighted by atomic mass is 10.1. The van der Waals surface area contributed by atoms with Gasteiger partial charge in [0.25, 0.3) is 0 Å². The minimum atomic E-state index is -3.56. The van der Waals surface area contributed by atoms with Gasteiger partial charge in [-0.3, -0.25) is 9.10 Å². The standard InChI is InChI=1S/C19H24N2O4S/c1-14-9-10-15(2)16(13-14)20-19(22)11-12-21(26(4,23)24)17-7-5-6-8-18(17)25-3/h5-10,13H,11-12H2,1-4H3,(H,20,22). The molecule has 0 bridgehead atoms. The van der Waals surface area contributed by atoms with Crippen LogP contribution in [0.5, 0.6) is 5.75 Å². The number of anilines is 2. The van der Waals surface area contributed by atoms with Crippen LogP contribution in [0.25, 0.3) is 0 Å². The van der Waals surface area contributed by atoms with Gasteiger partial charge in [0.15, 0.2) is 0 Å². The zero-order valence-corrected chi connectivity index (χ0v) is 16.3. The first kappa shape index (κ1) is 19.8. The Kier molecular flexibility index (Phi) is 6.26. The molecule has 0 aromatic heterocycles. The molecule has 26 heavy (non-hydrogen) atoms. The van der Waals surface area contributed by atoms with Gasteiger partial charge in [0.1, 0.15) is 5.75 Å². The van der Waals surface area contributed by atoms with E-state index in [1.54, 1.807) is 24.3 Å². The molecular formula is C19H24N2O4S. The monoisotopic (exact) mass is 376 g/mol. The molecule has 0 aliphatic carbocycles. The summed E-state index contributed by atoms with van der Waals surface area (Å²) in [6, 6.07) is 12.6. The summed E-state index contributed by atoms with van der Waals surface area (Å²) in [4.78, 5) is 12.3. The van der Waals surface area contributed by atoms with E-state index in [9.17, 15) is 13.2 Å². The Bertz CT molecular complexity index is 894. The van der Waals surface area contributed by atoms with Crippen LogP contribution in [0.15, 0.2) is 42.5 Å². The molecule has 6 nitrogen and oxygen atoms in total. The second-order valence-corrected chi connectivity index (χ2v) is 8.03. The Balaban J connectivity index is 2.15. The molecule has 0 spiro atoms. The summed E-state index contributed by atoms with van der Waals surface area (Å²) in [5.74, 6) is 0.190. The minimum absolute atomic E-state index is 0.0237. The molecular weight excluding hydrogens is 352 g/mol. The number of methoxy groups -OCH3 is 1. The first-order chi connectivity index (χ1) is 12.2. The van der Waals surface area contributed by atoms with Crippen LogP contribution in [0.1, 0.15) is 17.5 Å². The molecule has 0 saturated heterocycles. The van der Waals surface area contributed by atoms with Crippen LogP contribution in [-0.2, 0) is 14.8 Å². The van der Waals surface area contributed by atoms with Gasteiger partial charge < -0.3 is 10.1 Å². The van der Waals surface area contributed by atoms with Crippen molar-refractivity contribution in [1.29, 1.82) is 0 Å². The van der Waals surface area contributed by atoms with Crippen molar-refractivity contribution in [2.45, 2.75) is 20.3 Å². The van der Waals surface area contributed by atoms with E-state index in [1.165, 1.54) is 11.4 Å². The first-order valence-electron chi connectivity index (χ1n) is 8.20. The Hall–Kier alpha value is -2.54. The number of carbonyl (C=O) groups is 1. The van der Waals surface area contributed by atoms with Gasteiger partial charge in [0.05, 0.1) is 19.1 Å². The highest BCUT2D eigenvalue weighted by Crippen LogP contribution is 2.29. The summed E-state index contributed by atoms with van der Waals surface area (Å²) in [6.45, 7) is 3.88. The average molecular weight is 376 g/mol. The highest BCUT2D eigenvalue weighted by Gasteiger charge is 2.21. The Morgan fingerprint density at radius 2 is 1.85 bits per heavy atom. The number of nitrogens with zero attached hydrogens (tertiary/aromatic N) is 1. The Morgan fingerprint density at radius 3 is 2.50 bits per heavy atom. The third-order valence-corrected chi connectivity index (χ3v) is 5.14. The molecule has 0 heterocycles. The Labute approximate surface area is 154 Å². The van der Waals surface area contributed by atoms with Gasteiger partial charge in [-0.05, 0) is 43.2 Å². The van der Waals surface area contributed by atoms with E-state index in [1.807, 2.05) is 32.0 Å². The van der Waals surface area contributed by atoms with Gasteiger partial charge in [-0.15, -0.1) is 0 Å². The summed E-state index contributed by atoms with van der Waals surface area (Å²) in [6.07, 6.45) is 1.14. The van der Waals surface area contributed by atoms with E-state index in [0.29, 0.717) is 11.4 Å². The molecule has 1 amide bonds. The van der Waals surface area contributed by atoms with Crippen molar-refractivity contribution in [1.82, 2.24) is 0 Å². The molecule has 0 atom stereocenters. The molecule has 2 rings (SSSR count). The van der Waals surface area contributed by atoms with Crippen LogP contribution in [0, 0.1) is 13.8 Å². The van der Waals surface area contributed by atoms with Crippen LogP contribution in [0.4, 0.5) is 11.4 Å². The fraction of sp³-hybridized carbons (Fsp3) is 0.316. The number of nitrogens with one attached hydrogen (secondary N) is 1. The van der Waals surface area contributed by atoms with Crippen LogP contribution in [0.3, 0.4) is 0 Å². The highest BCUT2D eigenvalue weighted by atomic mass is 32.2. The zero-order valence-electron chi connectivity index (χ0n) is 15.4. The predicted octanol–water partition coefficient (Wildman–Crippen LogP) is 3.11. The summed E-state index contributed by atoms with van der Waals surface area (Å²) in [5.41, 5.74) is 3.14. The summed E-state index contributed by atoms with van der Waals surface area (Å²) < 4.78 is 30.9. The van der Waals surface area contributed by atoms with Crippen molar-refractivity contribution < 1.29 is 17.9 Å². The maximum Gasteiger partial charge on any atom is 0.232 e. The molecule has 2 aromatic carbocycles. The maximum atomic E-state index is 12.3. The maximum absolute atomic E-state index is 12.3. The second-order valence-electron chi connectivity index (χ2n) is 6.12. The SMILES string of the molecule is COc1ccccc1N(CCC(=O)Nc1cc(C)ccc1C)S(C)(=O)=O. The van der Waals surface area contributed by atoms with Crippen molar-refractivity contribution in [3.05, 3.63) is 53.6 Å². The van der Waals surface area contributed by atoms with Crippen LogP contribution in [0.2, 0.25) is 0 Å². The fourth-order valence-corrected chi connectivity index (χ4v) is 3.52. The van der Waals surface area contributed by atoms with Gasteiger partial charge in [-0.1, -0.05) is 24.3 Å². The molecule has 0 saturated carbocycles. The smallest absolute Gasteiger partial charge is 0.232 e. The summed E-state index contributed by atoms with van der Waals surface area (Å²) in [5, 5.41) is 2.85. The van der Waals surface area contributed by atoms with Gasteiger partial charge in [0.2, 0.25) is 15.9 Å². The average Bonchev–Trinajstić information content (AvgIpc) is 2.57. The van der Waals surface area contributed by atoms with E-state index in [4.69, 9.17) is 4.74 Å². The normalized spacial score (nSPS) is 11.1. The number of para-hydroxylation sites is 2. The largest absolute Gasteiger partial charge is 0.495 e. The third kappa shape index (κ3) is 4.98. The molecule has 0 aliphatic heterocycles. The molecule has 0 aliphatic rings. The molecule has 2 aromatic rings. The van der Waals surface area contributed by atoms with E-state index < -0.39 is 10.0 Å². The van der Waals surface area contributed by atoms with Crippen molar-refractivity contribution in [2.24, 2.45) is 0 Å². The number of ether oxygens (including phenoxy) is 1. The lowest BCUT2D eigenvalue weighted by Gasteiger charge is -2.24. The zero-order chi connectivity index (χ0) is 19.3. The fourth-order valence-electron chi connectivity index (χ4n) is 2.59. The first-order valence-corrected chi connectivity index (χ1v) is 10.0. The quantitative estimate of drug-likeness (QED) is 0.806. The van der Waals surface area contributed by atoms with Gasteiger partial charge in [-0.25, -0.2) is 8.42 Å². The number of aryl methyl sites for hydroxylation is 2. The number of benzene rings is 2. The lowest BCUT2D eigenvalue weighted by molar-refractivity contribution is -0.116. The van der Waals surface area contributed by atoms with Crippen LogP contribution < -0.4 is 14.4 Å². The van der Waals surface area contributed by atoms with Gasteiger partial charge >= 0.3 is 0 Å². The number of hydrogen-bond donors (Lipinski definition) is 1. The molecule has 0 radical (unpaired) electrons. The highest BCUT2D eigenvalue weighted by molar-refractivity contribution is 7.92. The van der Waals surface area contributed by atoms with Gasteiger partial charge in [0, 0.05) is 18.7 Å². The topological polar surface area (TPSA) is 75.7 Å². The summed E-state index contributed by atoms with van der Waals surface area (Å²) >= 11 is 0. The molecule has 0 fully saturated rings. The van der Waals surface area contributed by atoms with Crippen molar-refractivity contribution in [3.8, 4) is 5.75 Å². The number of rotatable bonds is 7. The minimum Gasteiger partial charge on any atom is -0.495 e. The second kappa shape index (κ2) is 8.23. The van der Waals surface area contributed by atoms with E-state index >= 15 is 0 Å². The number of hydrogen-bond acceptors (Lipinski definition) is 4. The van der Waals surface area contributed by atoms with Crippen molar-refractivity contribution in [2.75, 3.05) is 29.5 Å². The summed E-state index contributed by atoms with van der Waals surface area (Å²) in [7, 11) is -2.08. The van der Waals surface area contributed by atoms with E-state index in [0.717, 1.165) is 23.1 Å². The number of carbonyl (C=O) groups excluding carboxylic acids is 1. The third-order valence-electron chi connectivity index (χ3n) is 3.96. The van der Waals surface area contributed by atoms with E-state index in [-0.39, 0.29) is 18.9 Å². The van der Waals surface area contributed by atoms with Crippen LogP contribution in [-0.4, -0.2) is 34.2 Å². The molecule has 0 unspecified atom stereocenters. The lowest BCUT2D eigenvalue weighted by Crippen LogP contribution is -2.33. The van der Waals surface area contributed by atoms with Crippen LogP contribution >= 0.6 is 0 Å². The predicted molar refractivity (Wildman–Crippen MR) is 104 cm³/mol. The van der Waals surface area contributed by atoms with Gasteiger partial charge in [-0.2, -0.15) is 0 Å². The number of sulfonamides is 1. The van der Waals surface area contributed by atoms with Crippen molar-refractivity contribution >= 4 is 27.3 Å². The van der Waals surface area contributed by atoms with Crippen molar-refractivity contribution in [3.63, 3.8) is 0 Å². The van der Waals surface area contributed by atoms with E-state index in [2.05, 4.69) is 5.32 Å². The molecule has 1 N–H and O–H groups in total. The molecule has 140 valence electrons. The number of amides is 1. The Morgan fingerprint density at radius 1 is 1.15 bits per heavy atom.